The zero-order valence-corrected chi connectivity index (χ0v) is 17.8. The molecule has 0 saturated heterocycles. The van der Waals surface area contributed by atoms with Gasteiger partial charge in [0.25, 0.3) is 5.91 Å². The number of aryl methyl sites for hydroxylation is 1. The fourth-order valence-electron chi connectivity index (χ4n) is 2.46. The van der Waals surface area contributed by atoms with E-state index in [2.05, 4.69) is 43.7 Å². The van der Waals surface area contributed by atoms with Crippen LogP contribution in [-0.2, 0) is 11.2 Å². The number of benzene rings is 1. The van der Waals surface area contributed by atoms with Crippen LogP contribution in [-0.4, -0.2) is 23.3 Å². The van der Waals surface area contributed by atoms with Crippen LogP contribution in [0.4, 0.5) is 5.13 Å². The molecule has 2 heterocycles. The highest BCUT2D eigenvalue weighted by Crippen LogP contribution is 2.27. The molecule has 2 aromatic heterocycles. The third-order valence-electron chi connectivity index (χ3n) is 3.79. The standard InChI is InChI=1S/C19H18BrN3O2S2/c1-12(24)21-10-2-3-13-4-6-14(7-5-13)15-11-26-19(22-15)23-18(25)16-8-9-17(20)27-16/h4-9,11H,2-3,10H2,1H3,(H,21,24)(H,22,23,25). The van der Waals surface area contributed by atoms with Gasteiger partial charge in [-0.05, 0) is 46.5 Å². The maximum absolute atomic E-state index is 12.2. The number of hydrogen-bond acceptors (Lipinski definition) is 5. The summed E-state index contributed by atoms with van der Waals surface area (Å²) in [4.78, 5) is 28.2. The average molecular weight is 464 g/mol. The Morgan fingerprint density at radius 3 is 2.59 bits per heavy atom. The smallest absolute Gasteiger partial charge is 0.267 e. The van der Waals surface area contributed by atoms with E-state index in [-0.39, 0.29) is 11.8 Å². The minimum atomic E-state index is -0.152. The van der Waals surface area contributed by atoms with E-state index in [1.165, 1.54) is 35.2 Å². The first kappa shape index (κ1) is 19.7. The van der Waals surface area contributed by atoms with Crippen molar-refractivity contribution in [1.29, 1.82) is 0 Å². The molecule has 2 amide bonds. The molecule has 5 nitrogen and oxygen atoms in total. The van der Waals surface area contributed by atoms with Gasteiger partial charge >= 0.3 is 0 Å². The first-order valence-electron chi connectivity index (χ1n) is 8.37. The number of carbonyl (C=O) groups is 2. The predicted octanol–water partition coefficient (Wildman–Crippen LogP) is 4.96. The number of hydrogen-bond donors (Lipinski definition) is 2. The summed E-state index contributed by atoms with van der Waals surface area (Å²) in [5.41, 5.74) is 3.07. The number of amides is 2. The van der Waals surface area contributed by atoms with Crippen molar-refractivity contribution in [1.82, 2.24) is 10.3 Å². The first-order chi connectivity index (χ1) is 13.0. The third-order valence-corrected chi connectivity index (χ3v) is 6.17. The second-order valence-electron chi connectivity index (χ2n) is 5.88. The van der Waals surface area contributed by atoms with Gasteiger partial charge in [-0.15, -0.1) is 22.7 Å². The molecule has 27 heavy (non-hydrogen) atoms. The van der Waals surface area contributed by atoms with Crippen molar-refractivity contribution in [2.45, 2.75) is 19.8 Å². The first-order valence-corrected chi connectivity index (χ1v) is 10.9. The summed E-state index contributed by atoms with van der Waals surface area (Å²) in [6.07, 6.45) is 1.82. The fraction of sp³-hybridized carbons (Fsp3) is 0.211. The van der Waals surface area contributed by atoms with Crippen molar-refractivity contribution >= 4 is 55.5 Å². The Kier molecular flexibility index (Phi) is 6.76. The van der Waals surface area contributed by atoms with Crippen LogP contribution in [0.5, 0.6) is 0 Å². The van der Waals surface area contributed by atoms with Gasteiger partial charge in [0.15, 0.2) is 5.13 Å². The van der Waals surface area contributed by atoms with Crippen LogP contribution in [0.2, 0.25) is 0 Å². The Labute approximate surface area is 174 Å². The number of rotatable bonds is 7. The Balaban J connectivity index is 1.57. The molecular weight excluding hydrogens is 446 g/mol. The van der Waals surface area contributed by atoms with Crippen LogP contribution >= 0.6 is 38.6 Å². The van der Waals surface area contributed by atoms with Gasteiger partial charge in [-0.1, -0.05) is 24.3 Å². The largest absolute Gasteiger partial charge is 0.356 e. The SMILES string of the molecule is CC(=O)NCCCc1ccc(-c2csc(NC(=O)c3ccc(Br)s3)n2)cc1. The highest BCUT2D eigenvalue weighted by Gasteiger charge is 2.12. The van der Waals surface area contributed by atoms with E-state index < -0.39 is 0 Å². The average Bonchev–Trinajstić information content (AvgIpc) is 3.28. The fourth-order valence-corrected chi connectivity index (χ4v) is 4.45. The molecule has 2 N–H and O–H groups in total. The minimum absolute atomic E-state index is 0.00323. The number of nitrogens with zero attached hydrogens (tertiary/aromatic N) is 1. The summed E-state index contributed by atoms with van der Waals surface area (Å²) in [5, 5.41) is 8.16. The van der Waals surface area contributed by atoms with E-state index in [0.717, 1.165) is 27.9 Å². The van der Waals surface area contributed by atoms with Gasteiger partial charge in [0, 0.05) is 24.4 Å². The van der Waals surface area contributed by atoms with Gasteiger partial charge in [-0.25, -0.2) is 4.98 Å². The Morgan fingerprint density at radius 2 is 1.93 bits per heavy atom. The number of aromatic nitrogens is 1. The number of halogens is 1. The van der Waals surface area contributed by atoms with Crippen LogP contribution in [0, 0.1) is 0 Å². The van der Waals surface area contributed by atoms with Gasteiger partial charge < -0.3 is 5.32 Å². The highest BCUT2D eigenvalue weighted by atomic mass is 79.9. The van der Waals surface area contributed by atoms with E-state index in [1.54, 1.807) is 6.07 Å². The summed E-state index contributed by atoms with van der Waals surface area (Å²) in [6, 6.07) is 11.8. The zero-order valence-electron chi connectivity index (χ0n) is 14.6. The van der Waals surface area contributed by atoms with Crippen molar-refractivity contribution in [3.63, 3.8) is 0 Å². The number of anilines is 1. The summed E-state index contributed by atoms with van der Waals surface area (Å²) in [7, 11) is 0. The van der Waals surface area contributed by atoms with Crippen molar-refractivity contribution in [3.05, 3.63) is 56.0 Å². The molecule has 0 aliphatic carbocycles. The van der Waals surface area contributed by atoms with Crippen molar-refractivity contribution in [2.24, 2.45) is 0 Å². The van der Waals surface area contributed by atoms with Gasteiger partial charge in [-0.2, -0.15) is 0 Å². The molecule has 0 atom stereocenters. The van der Waals surface area contributed by atoms with E-state index in [9.17, 15) is 9.59 Å². The molecule has 0 bridgehead atoms. The lowest BCUT2D eigenvalue weighted by atomic mass is 10.1. The second-order valence-corrected chi connectivity index (χ2v) is 9.20. The van der Waals surface area contributed by atoms with Crippen LogP contribution in [0.3, 0.4) is 0 Å². The summed E-state index contributed by atoms with van der Waals surface area (Å²) in [6.45, 7) is 2.21. The molecule has 0 spiro atoms. The Bertz CT molecular complexity index is 935. The lowest BCUT2D eigenvalue weighted by Gasteiger charge is -2.04. The molecule has 140 valence electrons. The van der Waals surface area contributed by atoms with Gasteiger partial charge in [0.05, 0.1) is 14.4 Å². The van der Waals surface area contributed by atoms with Crippen LogP contribution < -0.4 is 10.6 Å². The Morgan fingerprint density at radius 1 is 1.15 bits per heavy atom. The van der Waals surface area contributed by atoms with Crippen molar-refractivity contribution < 1.29 is 9.59 Å². The molecule has 1 aromatic carbocycles. The molecule has 8 heteroatoms. The van der Waals surface area contributed by atoms with Gasteiger partial charge in [0.1, 0.15) is 0 Å². The van der Waals surface area contributed by atoms with E-state index in [1.807, 2.05) is 23.6 Å². The third kappa shape index (κ3) is 5.72. The molecule has 0 fully saturated rings. The molecule has 0 unspecified atom stereocenters. The number of carbonyl (C=O) groups excluding carboxylic acids is 2. The highest BCUT2D eigenvalue weighted by molar-refractivity contribution is 9.11. The van der Waals surface area contributed by atoms with Crippen LogP contribution in [0.15, 0.2) is 45.6 Å². The van der Waals surface area contributed by atoms with Crippen LogP contribution in [0.1, 0.15) is 28.6 Å². The topological polar surface area (TPSA) is 71.1 Å². The number of nitrogens with one attached hydrogen (secondary N) is 2. The van der Waals surface area contributed by atoms with Crippen molar-refractivity contribution in [2.75, 3.05) is 11.9 Å². The van der Waals surface area contributed by atoms with Crippen LogP contribution in [0.25, 0.3) is 11.3 Å². The minimum Gasteiger partial charge on any atom is -0.356 e. The summed E-state index contributed by atoms with van der Waals surface area (Å²) < 4.78 is 0.921. The van der Waals surface area contributed by atoms with Gasteiger partial charge in [-0.3, -0.25) is 14.9 Å². The van der Waals surface area contributed by atoms with Gasteiger partial charge in [0.2, 0.25) is 5.91 Å². The molecule has 0 aliphatic heterocycles. The molecule has 0 saturated carbocycles. The number of thiophene rings is 1. The van der Waals surface area contributed by atoms with E-state index >= 15 is 0 Å². The Hall–Kier alpha value is -2.03. The second kappa shape index (κ2) is 9.25. The summed E-state index contributed by atoms with van der Waals surface area (Å²) in [5.74, 6) is -0.149. The maximum atomic E-state index is 12.2. The maximum Gasteiger partial charge on any atom is 0.267 e. The zero-order chi connectivity index (χ0) is 19.2. The molecular formula is C19H18BrN3O2S2. The molecule has 0 aliphatic rings. The molecule has 3 aromatic rings. The monoisotopic (exact) mass is 463 g/mol. The molecule has 0 radical (unpaired) electrons. The quantitative estimate of drug-likeness (QED) is 0.486. The lowest BCUT2D eigenvalue weighted by Crippen LogP contribution is -2.21. The van der Waals surface area contributed by atoms with E-state index in [0.29, 0.717) is 16.6 Å². The predicted molar refractivity (Wildman–Crippen MR) is 115 cm³/mol. The molecule has 3 rings (SSSR count). The van der Waals surface area contributed by atoms with E-state index in [4.69, 9.17) is 0 Å². The number of thiazole rings is 1. The lowest BCUT2D eigenvalue weighted by molar-refractivity contribution is -0.118. The normalized spacial score (nSPS) is 10.6. The summed E-state index contributed by atoms with van der Waals surface area (Å²) >= 11 is 6.15. The van der Waals surface area contributed by atoms with Crippen molar-refractivity contribution in [3.8, 4) is 11.3 Å².